The first-order valence-corrected chi connectivity index (χ1v) is 9.29. The monoisotopic (exact) mass is 367 g/mol. The summed E-state index contributed by atoms with van der Waals surface area (Å²) in [7, 11) is 1.58. The number of amides is 1. The molecule has 0 fully saturated rings. The molecule has 0 bridgehead atoms. The number of H-pyrrole nitrogens is 1. The van der Waals surface area contributed by atoms with Crippen LogP contribution in [0.15, 0.2) is 59.8 Å². The zero-order valence-corrected chi connectivity index (χ0v) is 15.6. The van der Waals surface area contributed by atoms with Crippen LogP contribution in [-0.2, 0) is 11.2 Å². The molecule has 0 saturated carbocycles. The molecule has 0 spiro atoms. The zero-order valence-electron chi connectivity index (χ0n) is 14.8. The molecule has 0 saturated heterocycles. The number of aryl methyl sites for hydroxylation is 1. The van der Waals surface area contributed by atoms with E-state index in [9.17, 15) is 4.79 Å². The van der Waals surface area contributed by atoms with Crippen molar-refractivity contribution in [1.82, 2.24) is 9.97 Å². The van der Waals surface area contributed by atoms with Crippen molar-refractivity contribution >= 4 is 23.4 Å². The molecule has 134 valence electrons. The summed E-state index contributed by atoms with van der Waals surface area (Å²) in [6.07, 6.45) is 0.775. The maximum absolute atomic E-state index is 12.2. The lowest BCUT2D eigenvalue weighted by atomic mass is 10.1. The number of carbonyl (C=O) groups excluding carboxylic acids is 1. The molecule has 0 aliphatic heterocycles. The van der Waals surface area contributed by atoms with Gasteiger partial charge in [0.15, 0.2) is 5.16 Å². The molecule has 0 atom stereocenters. The Kier molecular flexibility index (Phi) is 5.96. The molecule has 1 aromatic heterocycles. The van der Waals surface area contributed by atoms with Crippen LogP contribution in [0.5, 0.6) is 5.75 Å². The molecule has 0 aliphatic carbocycles. The minimum absolute atomic E-state index is 0.0989. The molecule has 0 unspecified atom stereocenters. The summed E-state index contributed by atoms with van der Waals surface area (Å²) in [6, 6.07) is 17.6. The van der Waals surface area contributed by atoms with Gasteiger partial charge in [-0.3, -0.25) is 4.79 Å². The molecule has 3 aromatic rings. The van der Waals surface area contributed by atoms with Gasteiger partial charge in [0.2, 0.25) is 5.91 Å². The van der Waals surface area contributed by atoms with Gasteiger partial charge in [-0.2, -0.15) is 0 Å². The third-order valence-corrected chi connectivity index (χ3v) is 4.77. The minimum Gasteiger partial charge on any atom is -0.495 e. The number of nitrogens with one attached hydrogen (secondary N) is 2. The third kappa shape index (κ3) is 4.67. The van der Waals surface area contributed by atoms with Gasteiger partial charge >= 0.3 is 0 Å². The Bertz CT molecular complexity index is 878. The molecule has 2 N–H and O–H groups in total. The fourth-order valence-electron chi connectivity index (χ4n) is 2.56. The summed E-state index contributed by atoms with van der Waals surface area (Å²) < 4.78 is 5.24. The molecule has 0 radical (unpaired) electrons. The first kappa shape index (κ1) is 18.1. The Morgan fingerprint density at radius 1 is 1.15 bits per heavy atom. The van der Waals surface area contributed by atoms with Gasteiger partial charge in [0, 0.05) is 12.1 Å². The second-order valence-electron chi connectivity index (χ2n) is 5.81. The van der Waals surface area contributed by atoms with Crippen LogP contribution in [-0.4, -0.2) is 28.7 Å². The van der Waals surface area contributed by atoms with Crippen LogP contribution < -0.4 is 10.1 Å². The number of carbonyl (C=O) groups is 1. The van der Waals surface area contributed by atoms with Crippen LogP contribution in [0.2, 0.25) is 0 Å². The Morgan fingerprint density at radius 3 is 2.65 bits per heavy atom. The summed E-state index contributed by atoms with van der Waals surface area (Å²) in [5, 5.41) is 3.62. The molecule has 6 heteroatoms. The van der Waals surface area contributed by atoms with E-state index >= 15 is 0 Å². The van der Waals surface area contributed by atoms with Crippen LogP contribution in [0.4, 0.5) is 5.69 Å². The van der Waals surface area contributed by atoms with Gasteiger partial charge in [0.1, 0.15) is 5.75 Å². The van der Waals surface area contributed by atoms with Crippen LogP contribution in [0.3, 0.4) is 0 Å². The lowest BCUT2D eigenvalue weighted by Gasteiger charge is -2.09. The second-order valence-corrected chi connectivity index (χ2v) is 6.78. The normalized spacial score (nSPS) is 10.5. The number of nitrogens with zero attached hydrogens (tertiary/aromatic N) is 1. The number of rotatable bonds is 7. The Balaban J connectivity index is 1.58. The highest BCUT2D eigenvalue weighted by atomic mass is 32.2. The molecule has 26 heavy (non-hydrogen) atoms. The number of benzene rings is 2. The van der Waals surface area contributed by atoms with Gasteiger partial charge in [0.25, 0.3) is 0 Å². The average molecular weight is 367 g/mol. The van der Waals surface area contributed by atoms with Crippen molar-refractivity contribution in [2.45, 2.75) is 18.5 Å². The number of thioether (sulfide) groups is 1. The van der Waals surface area contributed by atoms with E-state index in [4.69, 9.17) is 4.74 Å². The largest absolute Gasteiger partial charge is 0.495 e. The van der Waals surface area contributed by atoms with E-state index in [2.05, 4.69) is 27.4 Å². The van der Waals surface area contributed by atoms with Gasteiger partial charge in [-0.1, -0.05) is 54.2 Å². The fourth-order valence-corrected chi connectivity index (χ4v) is 3.30. The van der Waals surface area contributed by atoms with Crippen molar-refractivity contribution in [3.63, 3.8) is 0 Å². The number of hydrogen-bond donors (Lipinski definition) is 2. The molecule has 1 amide bonds. The average Bonchev–Trinajstić information content (AvgIpc) is 3.01. The Hall–Kier alpha value is -2.73. The zero-order chi connectivity index (χ0) is 18.4. The summed E-state index contributed by atoms with van der Waals surface area (Å²) >= 11 is 1.39. The van der Waals surface area contributed by atoms with E-state index in [1.807, 2.05) is 49.4 Å². The van der Waals surface area contributed by atoms with E-state index in [-0.39, 0.29) is 11.7 Å². The van der Waals surface area contributed by atoms with Crippen molar-refractivity contribution in [3.05, 3.63) is 71.5 Å². The molecule has 1 heterocycles. The summed E-state index contributed by atoms with van der Waals surface area (Å²) in [5.41, 5.74) is 3.92. The SMILES string of the molecule is COc1ccccc1NC(=O)CSc1nc(Cc2ccccc2)c(C)[nH]1. The van der Waals surface area contributed by atoms with Crippen molar-refractivity contribution < 1.29 is 9.53 Å². The van der Waals surface area contributed by atoms with E-state index < -0.39 is 0 Å². The number of anilines is 1. The van der Waals surface area contributed by atoms with E-state index in [1.54, 1.807) is 7.11 Å². The second kappa shape index (κ2) is 8.58. The highest BCUT2D eigenvalue weighted by Gasteiger charge is 2.11. The van der Waals surface area contributed by atoms with Crippen molar-refractivity contribution in [3.8, 4) is 5.75 Å². The highest BCUT2D eigenvalue weighted by Crippen LogP contribution is 2.24. The Labute approximate surface area is 157 Å². The summed E-state index contributed by atoms with van der Waals surface area (Å²) in [4.78, 5) is 20.1. The smallest absolute Gasteiger partial charge is 0.234 e. The lowest BCUT2D eigenvalue weighted by Crippen LogP contribution is -2.14. The van der Waals surface area contributed by atoms with Gasteiger partial charge < -0.3 is 15.0 Å². The predicted octanol–water partition coefficient (Wildman–Crippen LogP) is 4.05. The quantitative estimate of drug-likeness (QED) is 0.618. The highest BCUT2D eigenvalue weighted by molar-refractivity contribution is 7.99. The maximum Gasteiger partial charge on any atom is 0.234 e. The molecule has 0 aliphatic rings. The van der Waals surface area contributed by atoms with E-state index in [1.165, 1.54) is 17.3 Å². The number of methoxy groups -OCH3 is 1. The number of para-hydroxylation sites is 2. The van der Waals surface area contributed by atoms with Crippen molar-refractivity contribution in [2.75, 3.05) is 18.2 Å². The fraction of sp³-hybridized carbons (Fsp3) is 0.200. The lowest BCUT2D eigenvalue weighted by molar-refractivity contribution is -0.113. The third-order valence-electron chi connectivity index (χ3n) is 3.90. The molecule has 5 nitrogen and oxygen atoms in total. The van der Waals surface area contributed by atoms with Crippen LogP contribution in [0, 0.1) is 6.92 Å². The molecule has 2 aromatic carbocycles. The van der Waals surface area contributed by atoms with Gasteiger partial charge in [-0.05, 0) is 24.6 Å². The number of aromatic nitrogens is 2. The first-order valence-electron chi connectivity index (χ1n) is 8.31. The van der Waals surface area contributed by atoms with Gasteiger partial charge in [-0.25, -0.2) is 4.98 Å². The van der Waals surface area contributed by atoms with Crippen LogP contribution in [0.1, 0.15) is 17.0 Å². The number of imidazole rings is 1. The first-order chi connectivity index (χ1) is 12.7. The van der Waals surface area contributed by atoms with Crippen molar-refractivity contribution in [2.24, 2.45) is 0 Å². The van der Waals surface area contributed by atoms with Gasteiger partial charge in [-0.15, -0.1) is 0 Å². The van der Waals surface area contributed by atoms with Crippen LogP contribution in [0.25, 0.3) is 0 Å². The number of hydrogen-bond acceptors (Lipinski definition) is 4. The van der Waals surface area contributed by atoms with Gasteiger partial charge in [0.05, 0.1) is 24.2 Å². The predicted molar refractivity (Wildman–Crippen MR) is 105 cm³/mol. The minimum atomic E-state index is -0.0989. The molecular formula is C20H21N3O2S. The summed E-state index contributed by atoms with van der Waals surface area (Å²) in [5.74, 6) is 0.818. The number of ether oxygens (including phenoxy) is 1. The van der Waals surface area contributed by atoms with E-state index in [0.29, 0.717) is 11.4 Å². The van der Waals surface area contributed by atoms with Crippen molar-refractivity contribution in [1.29, 1.82) is 0 Å². The molecular weight excluding hydrogens is 346 g/mol. The maximum atomic E-state index is 12.2. The topological polar surface area (TPSA) is 67.0 Å². The Morgan fingerprint density at radius 2 is 1.88 bits per heavy atom. The van der Waals surface area contributed by atoms with E-state index in [0.717, 1.165) is 23.0 Å². The van der Waals surface area contributed by atoms with Crippen LogP contribution >= 0.6 is 11.8 Å². The number of aromatic amines is 1. The standard InChI is InChI=1S/C20H21N3O2S/c1-14-17(12-15-8-4-3-5-9-15)23-20(21-14)26-13-19(24)22-16-10-6-7-11-18(16)25-2/h3-11H,12-13H2,1-2H3,(H,21,23)(H,22,24). The summed E-state index contributed by atoms with van der Waals surface area (Å²) in [6.45, 7) is 2.00. The molecule has 3 rings (SSSR count).